The minimum absolute atomic E-state index is 0.0150. The third-order valence-corrected chi connectivity index (χ3v) is 3.33. The largest absolute Gasteiger partial charge is 0.416 e. The number of carbonyl (C=O) groups is 2. The van der Waals surface area contributed by atoms with Gasteiger partial charge in [0.05, 0.1) is 17.8 Å². The van der Waals surface area contributed by atoms with Crippen molar-refractivity contribution in [3.8, 4) is 0 Å². The van der Waals surface area contributed by atoms with Gasteiger partial charge in [-0.2, -0.15) is 13.2 Å². The molecule has 0 saturated heterocycles. The van der Waals surface area contributed by atoms with Gasteiger partial charge >= 0.3 is 6.18 Å². The molecule has 1 heterocycles. The first-order valence-electron chi connectivity index (χ1n) is 7.38. The molecular weight excluding hydrogens is 335 g/mol. The summed E-state index contributed by atoms with van der Waals surface area (Å²) >= 11 is 0. The van der Waals surface area contributed by atoms with Crippen molar-refractivity contribution in [2.75, 3.05) is 11.9 Å². The molecule has 0 spiro atoms. The number of aromatic nitrogens is 1. The van der Waals surface area contributed by atoms with Crippen molar-refractivity contribution in [1.29, 1.82) is 0 Å². The van der Waals surface area contributed by atoms with Crippen molar-refractivity contribution in [1.82, 2.24) is 9.88 Å². The lowest BCUT2D eigenvalue weighted by Crippen LogP contribution is -2.36. The van der Waals surface area contributed by atoms with Crippen molar-refractivity contribution in [3.05, 3.63) is 59.9 Å². The molecule has 0 fully saturated rings. The molecule has 25 heavy (non-hydrogen) atoms. The Morgan fingerprint density at radius 1 is 1.16 bits per heavy atom. The molecule has 0 atom stereocenters. The lowest BCUT2D eigenvalue weighted by atomic mass is 10.2. The van der Waals surface area contributed by atoms with Crippen LogP contribution in [-0.4, -0.2) is 28.2 Å². The van der Waals surface area contributed by atoms with E-state index in [1.54, 1.807) is 24.4 Å². The monoisotopic (exact) mass is 351 g/mol. The lowest BCUT2D eigenvalue weighted by Gasteiger charge is -2.20. The van der Waals surface area contributed by atoms with Crippen LogP contribution in [0.3, 0.4) is 0 Å². The van der Waals surface area contributed by atoms with Gasteiger partial charge in [-0.3, -0.25) is 14.6 Å². The predicted molar refractivity (Wildman–Crippen MR) is 85.4 cm³/mol. The molecule has 0 saturated carbocycles. The fraction of sp³-hybridized carbons (Fsp3) is 0.235. The summed E-state index contributed by atoms with van der Waals surface area (Å²) in [6.07, 6.45) is -2.93. The SMILES string of the molecule is CC(=O)N(CC(=O)Nc1cccc(C(F)(F)F)c1)Cc1ccccn1. The van der Waals surface area contributed by atoms with E-state index in [1.807, 2.05) is 0 Å². The summed E-state index contributed by atoms with van der Waals surface area (Å²) in [6.45, 7) is 1.15. The summed E-state index contributed by atoms with van der Waals surface area (Å²) in [6, 6.07) is 9.50. The predicted octanol–water partition coefficient (Wildman–Crippen LogP) is 3.09. The highest BCUT2D eigenvalue weighted by Gasteiger charge is 2.30. The number of carbonyl (C=O) groups excluding carboxylic acids is 2. The molecule has 2 aromatic rings. The van der Waals surface area contributed by atoms with Crippen LogP contribution >= 0.6 is 0 Å². The molecule has 0 bridgehead atoms. The molecule has 0 radical (unpaired) electrons. The van der Waals surface area contributed by atoms with Gasteiger partial charge in [-0.15, -0.1) is 0 Å². The molecule has 0 aliphatic rings. The highest BCUT2D eigenvalue weighted by Crippen LogP contribution is 2.30. The van der Waals surface area contributed by atoms with Crippen molar-refractivity contribution in [2.24, 2.45) is 0 Å². The minimum Gasteiger partial charge on any atom is -0.328 e. The molecule has 0 aliphatic carbocycles. The molecule has 1 aromatic heterocycles. The van der Waals surface area contributed by atoms with Crippen molar-refractivity contribution < 1.29 is 22.8 Å². The number of amides is 2. The number of pyridine rings is 1. The van der Waals surface area contributed by atoms with Gasteiger partial charge in [-0.1, -0.05) is 12.1 Å². The van der Waals surface area contributed by atoms with E-state index in [1.165, 1.54) is 24.0 Å². The van der Waals surface area contributed by atoms with Crippen LogP contribution in [0.25, 0.3) is 0 Å². The van der Waals surface area contributed by atoms with Crippen LogP contribution < -0.4 is 5.32 Å². The number of anilines is 1. The molecule has 132 valence electrons. The summed E-state index contributed by atoms with van der Waals surface area (Å²) in [5, 5.41) is 2.37. The first-order valence-corrected chi connectivity index (χ1v) is 7.38. The molecule has 0 aliphatic heterocycles. The summed E-state index contributed by atoms with van der Waals surface area (Å²) in [5.41, 5.74) is -0.243. The van der Waals surface area contributed by atoms with Crippen LogP contribution in [0, 0.1) is 0 Å². The highest BCUT2D eigenvalue weighted by atomic mass is 19.4. The maximum absolute atomic E-state index is 12.7. The summed E-state index contributed by atoms with van der Waals surface area (Å²) in [5.74, 6) is -0.935. The number of hydrogen-bond acceptors (Lipinski definition) is 3. The van der Waals surface area contributed by atoms with Gasteiger partial charge in [0.1, 0.15) is 6.54 Å². The molecule has 2 amide bonds. The average Bonchev–Trinajstić information content (AvgIpc) is 2.54. The molecular formula is C17H16F3N3O2. The highest BCUT2D eigenvalue weighted by molar-refractivity contribution is 5.94. The summed E-state index contributed by atoms with van der Waals surface area (Å²) in [4.78, 5) is 29.1. The second kappa shape index (κ2) is 7.78. The van der Waals surface area contributed by atoms with E-state index in [-0.39, 0.29) is 24.7 Å². The van der Waals surface area contributed by atoms with Crippen molar-refractivity contribution in [2.45, 2.75) is 19.6 Å². The Balaban J connectivity index is 2.03. The van der Waals surface area contributed by atoms with Crippen LogP contribution in [0.4, 0.5) is 18.9 Å². The van der Waals surface area contributed by atoms with Crippen LogP contribution in [0.5, 0.6) is 0 Å². The van der Waals surface area contributed by atoms with Gasteiger partial charge in [0.25, 0.3) is 0 Å². The number of nitrogens with one attached hydrogen (secondary N) is 1. The number of rotatable bonds is 5. The zero-order valence-corrected chi connectivity index (χ0v) is 13.4. The molecule has 8 heteroatoms. The number of halogens is 3. The van der Waals surface area contributed by atoms with Gasteiger partial charge < -0.3 is 10.2 Å². The van der Waals surface area contributed by atoms with Gasteiger partial charge in [-0.05, 0) is 30.3 Å². The van der Waals surface area contributed by atoms with Crippen LogP contribution in [-0.2, 0) is 22.3 Å². The first-order chi connectivity index (χ1) is 11.8. The molecule has 0 unspecified atom stereocenters. The quantitative estimate of drug-likeness (QED) is 0.900. The third-order valence-electron chi connectivity index (χ3n) is 3.33. The second-order valence-corrected chi connectivity index (χ2v) is 5.32. The Kier molecular flexibility index (Phi) is 5.74. The zero-order valence-electron chi connectivity index (χ0n) is 13.4. The Bertz CT molecular complexity index is 748. The van der Waals surface area contributed by atoms with E-state index in [0.717, 1.165) is 12.1 Å². The van der Waals surface area contributed by atoms with E-state index in [2.05, 4.69) is 10.3 Å². The molecule has 1 N–H and O–H groups in total. The number of nitrogens with zero attached hydrogens (tertiary/aromatic N) is 2. The number of hydrogen-bond donors (Lipinski definition) is 1. The standard InChI is InChI=1S/C17H16F3N3O2/c1-12(24)23(10-15-6-2-3-8-21-15)11-16(25)22-14-7-4-5-13(9-14)17(18,19)20/h2-9H,10-11H2,1H3,(H,22,25). The van der Waals surface area contributed by atoms with Gasteiger partial charge in [0.2, 0.25) is 11.8 Å². The molecule has 1 aromatic carbocycles. The number of alkyl halides is 3. The summed E-state index contributed by atoms with van der Waals surface area (Å²) < 4.78 is 38.1. The topological polar surface area (TPSA) is 62.3 Å². The van der Waals surface area contributed by atoms with Crippen LogP contribution in [0.1, 0.15) is 18.2 Å². The Morgan fingerprint density at radius 2 is 1.92 bits per heavy atom. The van der Waals surface area contributed by atoms with Crippen molar-refractivity contribution >= 4 is 17.5 Å². The second-order valence-electron chi connectivity index (χ2n) is 5.32. The molecule has 5 nitrogen and oxygen atoms in total. The fourth-order valence-electron chi connectivity index (χ4n) is 2.11. The van der Waals surface area contributed by atoms with Crippen LogP contribution in [0.2, 0.25) is 0 Å². The third kappa shape index (κ3) is 5.59. The fourth-order valence-corrected chi connectivity index (χ4v) is 2.11. The van der Waals surface area contributed by atoms with E-state index in [0.29, 0.717) is 5.69 Å². The Hall–Kier alpha value is -2.90. The van der Waals surface area contributed by atoms with E-state index >= 15 is 0 Å². The van der Waals surface area contributed by atoms with Gasteiger partial charge in [0.15, 0.2) is 0 Å². The molecule has 2 rings (SSSR count). The first kappa shape index (κ1) is 18.4. The Labute approximate surface area is 142 Å². The smallest absolute Gasteiger partial charge is 0.328 e. The van der Waals surface area contributed by atoms with E-state index < -0.39 is 17.6 Å². The maximum atomic E-state index is 12.7. The summed E-state index contributed by atoms with van der Waals surface area (Å²) in [7, 11) is 0. The van der Waals surface area contributed by atoms with E-state index in [9.17, 15) is 22.8 Å². The van der Waals surface area contributed by atoms with Gasteiger partial charge in [0, 0.05) is 18.8 Å². The zero-order chi connectivity index (χ0) is 18.4. The maximum Gasteiger partial charge on any atom is 0.416 e. The lowest BCUT2D eigenvalue weighted by molar-refractivity contribution is -0.137. The van der Waals surface area contributed by atoms with Crippen LogP contribution in [0.15, 0.2) is 48.7 Å². The van der Waals surface area contributed by atoms with E-state index in [4.69, 9.17) is 0 Å². The normalized spacial score (nSPS) is 11.0. The Morgan fingerprint density at radius 3 is 2.52 bits per heavy atom. The van der Waals surface area contributed by atoms with Gasteiger partial charge in [-0.25, -0.2) is 0 Å². The average molecular weight is 351 g/mol. The number of benzene rings is 1. The minimum atomic E-state index is -4.49. The van der Waals surface area contributed by atoms with Crippen molar-refractivity contribution in [3.63, 3.8) is 0 Å².